The Morgan fingerprint density at radius 1 is 0.925 bits per heavy atom. The van der Waals surface area contributed by atoms with Gasteiger partial charge in [0.25, 0.3) is 0 Å². The molecular formula is C31H30N4O4S. The Morgan fingerprint density at radius 3 is 2.52 bits per heavy atom. The Bertz CT molecular complexity index is 1650. The van der Waals surface area contributed by atoms with E-state index in [0.29, 0.717) is 35.7 Å². The molecule has 9 heteroatoms. The Kier molecular flexibility index (Phi) is 8.31. The molecular weight excluding hydrogens is 524 g/mol. The molecule has 0 N–H and O–H groups in total. The van der Waals surface area contributed by atoms with Crippen molar-refractivity contribution in [2.24, 2.45) is 0 Å². The van der Waals surface area contributed by atoms with Crippen LogP contribution in [-0.2, 0) is 6.61 Å². The first-order valence-corrected chi connectivity index (χ1v) is 13.9. The number of aryl methyl sites for hydroxylation is 2. The van der Waals surface area contributed by atoms with Crippen LogP contribution in [0.25, 0.3) is 16.5 Å². The molecule has 0 amide bonds. The summed E-state index contributed by atoms with van der Waals surface area (Å²) >= 11 is 1.31. The molecule has 0 saturated heterocycles. The minimum Gasteiger partial charge on any atom is -0.490 e. The lowest BCUT2D eigenvalue weighted by atomic mass is 10.1. The number of nitrogens with zero attached hydrogens (tertiary/aromatic N) is 4. The van der Waals surface area contributed by atoms with Gasteiger partial charge in [-0.05, 0) is 72.5 Å². The molecule has 0 unspecified atom stereocenters. The molecule has 1 heterocycles. The van der Waals surface area contributed by atoms with E-state index >= 15 is 0 Å². The first kappa shape index (κ1) is 27.2. The van der Waals surface area contributed by atoms with Crippen molar-refractivity contribution < 1.29 is 14.4 Å². The van der Waals surface area contributed by atoms with Gasteiger partial charge in [-0.1, -0.05) is 72.4 Å². The third kappa shape index (κ3) is 6.10. The van der Waals surface area contributed by atoms with E-state index in [-0.39, 0.29) is 11.5 Å². The Balaban J connectivity index is 1.43. The molecule has 0 radical (unpaired) electrons. The lowest BCUT2D eigenvalue weighted by molar-refractivity contribution is -0.479. The van der Waals surface area contributed by atoms with Crippen LogP contribution in [0.15, 0.2) is 90.1 Å². The van der Waals surface area contributed by atoms with Gasteiger partial charge in [0.1, 0.15) is 17.7 Å². The van der Waals surface area contributed by atoms with Gasteiger partial charge in [0.15, 0.2) is 16.7 Å². The van der Waals surface area contributed by atoms with Gasteiger partial charge in [-0.25, -0.2) is 0 Å². The highest BCUT2D eigenvalue weighted by molar-refractivity contribution is 7.99. The van der Waals surface area contributed by atoms with Crippen LogP contribution in [0.4, 0.5) is 0 Å². The molecule has 0 spiro atoms. The predicted octanol–water partition coefficient (Wildman–Crippen LogP) is 7.13. The van der Waals surface area contributed by atoms with Crippen molar-refractivity contribution in [3.63, 3.8) is 0 Å². The quantitative estimate of drug-likeness (QED) is 0.0974. The van der Waals surface area contributed by atoms with Crippen LogP contribution in [0.2, 0.25) is 0 Å². The fraction of sp³-hybridized carbons (Fsp3) is 0.226. The SMILES string of the molecule is CCOc1cc([C@@H](C[N+](=O)[O-])Sc2nnc(C)n2-c2cccc(C)c2)ccc1OCc1cccc2ccccc12. The number of hydrogen-bond acceptors (Lipinski definition) is 7. The van der Waals surface area contributed by atoms with Crippen molar-refractivity contribution in [2.45, 2.75) is 37.8 Å². The summed E-state index contributed by atoms with van der Waals surface area (Å²) in [5.41, 5.74) is 3.83. The summed E-state index contributed by atoms with van der Waals surface area (Å²) in [5, 5.41) is 22.7. The fourth-order valence-electron chi connectivity index (χ4n) is 4.64. The molecule has 204 valence electrons. The van der Waals surface area contributed by atoms with Crippen LogP contribution < -0.4 is 9.47 Å². The predicted molar refractivity (Wildman–Crippen MR) is 157 cm³/mol. The van der Waals surface area contributed by atoms with Crippen molar-refractivity contribution in [2.75, 3.05) is 13.2 Å². The molecule has 8 nitrogen and oxygen atoms in total. The summed E-state index contributed by atoms with van der Waals surface area (Å²) in [6.45, 7) is 6.31. The second kappa shape index (κ2) is 12.2. The standard InChI is InChI=1S/C31H30N4O4S/c1-4-38-29-18-24(15-16-28(29)39-20-25-12-8-11-23-10-5-6-14-27(23)25)30(19-34(36)37)40-31-33-32-22(3)35(31)26-13-7-9-21(2)17-26/h5-18,30H,4,19-20H2,1-3H3/t30-/m1/s1. The van der Waals surface area contributed by atoms with E-state index in [1.165, 1.54) is 11.8 Å². The maximum absolute atomic E-state index is 11.7. The largest absolute Gasteiger partial charge is 0.490 e. The lowest BCUT2D eigenvalue weighted by Crippen LogP contribution is -2.12. The minimum absolute atomic E-state index is 0.286. The molecule has 5 rings (SSSR count). The van der Waals surface area contributed by atoms with Gasteiger partial charge < -0.3 is 9.47 Å². The van der Waals surface area contributed by atoms with Gasteiger partial charge in [0, 0.05) is 10.6 Å². The summed E-state index contributed by atoms with van der Waals surface area (Å²) in [6, 6.07) is 27.9. The molecule has 0 saturated carbocycles. The van der Waals surface area contributed by atoms with Gasteiger partial charge in [-0.2, -0.15) is 0 Å². The van der Waals surface area contributed by atoms with Crippen molar-refractivity contribution in [3.05, 3.63) is 118 Å². The van der Waals surface area contributed by atoms with Crippen LogP contribution in [0.5, 0.6) is 11.5 Å². The van der Waals surface area contributed by atoms with Gasteiger partial charge in [-0.15, -0.1) is 10.2 Å². The number of aromatic nitrogens is 3. The first-order chi connectivity index (χ1) is 19.4. The van der Waals surface area contributed by atoms with E-state index in [9.17, 15) is 10.1 Å². The van der Waals surface area contributed by atoms with E-state index in [2.05, 4.69) is 28.4 Å². The number of fused-ring (bicyclic) bond motifs is 1. The minimum atomic E-state index is -0.520. The van der Waals surface area contributed by atoms with E-state index in [4.69, 9.17) is 9.47 Å². The molecule has 1 atom stereocenters. The van der Waals surface area contributed by atoms with Gasteiger partial charge in [-0.3, -0.25) is 14.7 Å². The topological polar surface area (TPSA) is 92.3 Å². The molecule has 40 heavy (non-hydrogen) atoms. The maximum atomic E-state index is 11.7. The van der Waals surface area contributed by atoms with Crippen LogP contribution in [0.1, 0.15) is 34.7 Å². The highest BCUT2D eigenvalue weighted by Gasteiger charge is 2.25. The van der Waals surface area contributed by atoms with E-state index in [1.807, 2.05) is 92.1 Å². The summed E-state index contributed by atoms with van der Waals surface area (Å²) in [5.74, 6) is 1.84. The summed E-state index contributed by atoms with van der Waals surface area (Å²) in [6.07, 6.45) is 0. The molecule has 0 fully saturated rings. The fourth-order valence-corrected chi connectivity index (χ4v) is 5.81. The van der Waals surface area contributed by atoms with Gasteiger partial charge in [0.2, 0.25) is 6.54 Å². The zero-order valence-electron chi connectivity index (χ0n) is 22.6. The van der Waals surface area contributed by atoms with Crippen LogP contribution in [-0.4, -0.2) is 32.8 Å². The number of ether oxygens (including phenoxy) is 2. The Labute approximate surface area is 237 Å². The highest BCUT2D eigenvalue weighted by Crippen LogP contribution is 2.40. The Hall–Kier alpha value is -4.37. The number of nitro groups is 1. The van der Waals surface area contributed by atoms with E-state index < -0.39 is 5.25 Å². The maximum Gasteiger partial charge on any atom is 0.220 e. The van der Waals surface area contributed by atoms with Gasteiger partial charge >= 0.3 is 0 Å². The summed E-state index contributed by atoms with van der Waals surface area (Å²) in [4.78, 5) is 11.4. The average molecular weight is 555 g/mol. The lowest BCUT2D eigenvalue weighted by Gasteiger charge is -2.18. The molecule has 0 aliphatic carbocycles. The van der Waals surface area contributed by atoms with Crippen LogP contribution in [0, 0.1) is 24.0 Å². The second-order valence-electron chi connectivity index (χ2n) is 9.39. The number of benzene rings is 4. The van der Waals surface area contributed by atoms with Crippen molar-refractivity contribution in [1.82, 2.24) is 14.8 Å². The van der Waals surface area contributed by atoms with E-state index in [1.54, 1.807) is 0 Å². The number of rotatable bonds is 11. The zero-order valence-corrected chi connectivity index (χ0v) is 23.4. The number of hydrogen-bond donors (Lipinski definition) is 0. The molecule has 1 aromatic heterocycles. The molecule has 5 aromatic rings. The molecule has 0 aliphatic rings. The van der Waals surface area contributed by atoms with Crippen LogP contribution >= 0.6 is 11.8 Å². The number of thioether (sulfide) groups is 1. The Morgan fingerprint density at radius 2 is 1.73 bits per heavy atom. The monoisotopic (exact) mass is 554 g/mol. The molecule has 0 aliphatic heterocycles. The third-order valence-corrected chi connectivity index (χ3v) is 7.70. The highest BCUT2D eigenvalue weighted by atomic mass is 32.2. The normalized spacial score (nSPS) is 11.9. The third-order valence-electron chi connectivity index (χ3n) is 6.52. The van der Waals surface area contributed by atoms with Crippen molar-refractivity contribution in [3.8, 4) is 17.2 Å². The van der Waals surface area contributed by atoms with E-state index in [0.717, 1.165) is 33.2 Å². The first-order valence-electron chi connectivity index (χ1n) is 13.1. The molecule has 4 aromatic carbocycles. The average Bonchev–Trinajstić information content (AvgIpc) is 3.31. The zero-order chi connectivity index (χ0) is 28.1. The second-order valence-corrected chi connectivity index (χ2v) is 10.6. The summed E-state index contributed by atoms with van der Waals surface area (Å²) in [7, 11) is 0. The smallest absolute Gasteiger partial charge is 0.220 e. The van der Waals surface area contributed by atoms with Gasteiger partial charge in [0.05, 0.1) is 6.61 Å². The molecule has 0 bridgehead atoms. The van der Waals surface area contributed by atoms with Crippen molar-refractivity contribution in [1.29, 1.82) is 0 Å². The van der Waals surface area contributed by atoms with Crippen molar-refractivity contribution >= 4 is 22.5 Å². The summed E-state index contributed by atoms with van der Waals surface area (Å²) < 4.78 is 14.1. The van der Waals surface area contributed by atoms with Crippen LogP contribution in [0.3, 0.4) is 0 Å².